The van der Waals surface area contributed by atoms with E-state index in [2.05, 4.69) is 0 Å². The molecule has 0 atom stereocenters. The van der Waals surface area contributed by atoms with Crippen molar-refractivity contribution in [2.24, 2.45) is 0 Å². The number of ketones is 2. The van der Waals surface area contributed by atoms with Gasteiger partial charge in [-0.05, 0) is 30.3 Å². The van der Waals surface area contributed by atoms with Crippen LogP contribution in [0.15, 0.2) is 78.9 Å². The zero-order valence-corrected chi connectivity index (χ0v) is 13.2. The molecular formula is C21H16O3. The average Bonchev–Trinajstić information content (AvgIpc) is 2.67. The summed E-state index contributed by atoms with van der Waals surface area (Å²) in [6.45, 7) is 0. The van der Waals surface area contributed by atoms with Crippen molar-refractivity contribution in [3.8, 4) is 5.75 Å². The van der Waals surface area contributed by atoms with Crippen LogP contribution in [0.5, 0.6) is 5.75 Å². The summed E-state index contributed by atoms with van der Waals surface area (Å²) in [5.41, 5.74) is 2.15. The summed E-state index contributed by atoms with van der Waals surface area (Å²) in [5, 5.41) is 0. The predicted octanol–water partition coefficient (Wildman–Crippen LogP) is 4.16. The lowest BCUT2D eigenvalue weighted by Crippen LogP contribution is -2.05. The molecule has 0 N–H and O–H groups in total. The highest BCUT2D eigenvalue weighted by Crippen LogP contribution is 2.17. The third-order valence-electron chi connectivity index (χ3n) is 3.78. The molecular weight excluding hydrogens is 300 g/mol. The van der Waals surface area contributed by atoms with Crippen molar-refractivity contribution in [1.29, 1.82) is 0 Å². The van der Waals surface area contributed by atoms with Gasteiger partial charge in [-0.25, -0.2) is 0 Å². The summed E-state index contributed by atoms with van der Waals surface area (Å²) in [4.78, 5) is 25.1. The fourth-order valence-electron chi connectivity index (χ4n) is 2.47. The first kappa shape index (κ1) is 15.7. The molecule has 3 aromatic rings. The molecule has 0 spiro atoms. The van der Waals surface area contributed by atoms with Gasteiger partial charge in [-0.15, -0.1) is 0 Å². The lowest BCUT2D eigenvalue weighted by atomic mass is 9.97. The zero-order valence-electron chi connectivity index (χ0n) is 13.2. The Morgan fingerprint density at radius 1 is 0.625 bits per heavy atom. The second kappa shape index (κ2) is 6.92. The fourth-order valence-corrected chi connectivity index (χ4v) is 2.47. The minimum Gasteiger partial charge on any atom is -0.497 e. The molecule has 0 aliphatic carbocycles. The lowest BCUT2D eigenvalue weighted by molar-refractivity contribution is 0.103. The summed E-state index contributed by atoms with van der Waals surface area (Å²) in [5.74, 6) is 0.472. The van der Waals surface area contributed by atoms with Crippen LogP contribution in [-0.2, 0) is 0 Å². The van der Waals surface area contributed by atoms with Crippen LogP contribution in [0.4, 0.5) is 0 Å². The van der Waals surface area contributed by atoms with E-state index < -0.39 is 0 Å². The molecule has 0 aliphatic rings. The smallest absolute Gasteiger partial charge is 0.193 e. The van der Waals surface area contributed by atoms with Crippen molar-refractivity contribution in [3.05, 3.63) is 101 Å². The highest BCUT2D eigenvalue weighted by atomic mass is 16.5. The van der Waals surface area contributed by atoms with Crippen molar-refractivity contribution in [2.75, 3.05) is 7.11 Å². The molecule has 0 aromatic heterocycles. The van der Waals surface area contributed by atoms with Gasteiger partial charge in [0.05, 0.1) is 7.11 Å². The number of carbonyl (C=O) groups excluding carboxylic acids is 2. The molecule has 0 saturated carbocycles. The minimum absolute atomic E-state index is 0.0972. The van der Waals surface area contributed by atoms with Gasteiger partial charge in [0.15, 0.2) is 11.6 Å². The Labute approximate surface area is 140 Å². The van der Waals surface area contributed by atoms with Gasteiger partial charge in [0.25, 0.3) is 0 Å². The van der Waals surface area contributed by atoms with Crippen molar-refractivity contribution in [3.63, 3.8) is 0 Å². The normalized spacial score (nSPS) is 10.2. The van der Waals surface area contributed by atoms with Crippen molar-refractivity contribution in [2.45, 2.75) is 0 Å². The Morgan fingerprint density at radius 2 is 1.12 bits per heavy atom. The summed E-state index contributed by atoms with van der Waals surface area (Å²) < 4.78 is 5.10. The Kier molecular flexibility index (Phi) is 4.52. The molecule has 3 rings (SSSR count). The summed E-state index contributed by atoms with van der Waals surface area (Å²) in [7, 11) is 1.58. The first-order valence-corrected chi connectivity index (χ1v) is 7.57. The molecule has 118 valence electrons. The van der Waals surface area contributed by atoms with E-state index in [0.29, 0.717) is 28.0 Å². The van der Waals surface area contributed by atoms with Gasteiger partial charge in [0, 0.05) is 22.3 Å². The number of hydrogen-bond donors (Lipinski definition) is 0. The molecule has 24 heavy (non-hydrogen) atoms. The molecule has 3 aromatic carbocycles. The number of rotatable bonds is 5. The van der Waals surface area contributed by atoms with Gasteiger partial charge in [-0.2, -0.15) is 0 Å². The number of hydrogen-bond acceptors (Lipinski definition) is 3. The molecule has 0 radical (unpaired) electrons. The largest absolute Gasteiger partial charge is 0.497 e. The molecule has 0 amide bonds. The van der Waals surface area contributed by atoms with Gasteiger partial charge in [-0.1, -0.05) is 48.5 Å². The third-order valence-corrected chi connectivity index (χ3v) is 3.78. The third kappa shape index (κ3) is 3.25. The topological polar surface area (TPSA) is 43.4 Å². The maximum absolute atomic E-state index is 12.6. The van der Waals surface area contributed by atoms with E-state index in [1.54, 1.807) is 67.8 Å². The Balaban J connectivity index is 1.89. The van der Waals surface area contributed by atoms with E-state index >= 15 is 0 Å². The quantitative estimate of drug-likeness (QED) is 0.664. The van der Waals surface area contributed by atoms with E-state index in [9.17, 15) is 9.59 Å². The van der Waals surface area contributed by atoms with E-state index in [4.69, 9.17) is 4.74 Å². The fraction of sp³-hybridized carbons (Fsp3) is 0.0476. The van der Waals surface area contributed by atoms with Crippen LogP contribution in [0.1, 0.15) is 31.8 Å². The number of methoxy groups -OCH3 is 1. The van der Waals surface area contributed by atoms with Crippen molar-refractivity contribution < 1.29 is 14.3 Å². The second-order valence-electron chi connectivity index (χ2n) is 5.33. The highest BCUT2D eigenvalue weighted by Gasteiger charge is 2.13. The van der Waals surface area contributed by atoms with Crippen molar-refractivity contribution >= 4 is 11.6 Å². The second-order valence-corrected chi connectivity index (χ2v) is 5.33. The maximum atomic E-state index is 12.6. The van der Waals surface area contributed by atoms with Crippen LogP contribution in [0.3, 0.4) is 0 Å². The molecule has 0 aliphatic heterocycles. The van der Waals surface area contributed by atoms with Crippen LogP contribution >= 0.6 is 0 Å². The van der Waals surface area contributed by atoms with E-state index in [0.717, 1.165) is 0 Å². The number of benzene rings is 3. The van der Waals surface area contributed by atoms with Gasteiger partial charge in [-0.3, -0.25) is 9.59 Å². The number of carbonyl (C=O) groups is 2. The van der Waals surface area contributed by atoms with Crippen LogP contribution < -0.4 is 4.74 Å². The standard InChI is InChI=1S/C21H16O3/c1-24-19-12-10-16(11-13-19)21(23)18-9-5-8-17(14-18)20(22)15-6-3-2-4-7-15/h2-14H,1H3. The molecule has 0 bridgehead atoms. The Morgan fingerprint density at radius 3 is 1.67 bits per heavy atom. The molecule has 0 saturated heterocycles. The van der Waals surface area contributed by atoms with Gasteiger partial charge in [0.2, 0.25) is 0 Å². The highest BCUT2D eigenvalue weighted by molar-refractivity contribution is 6.13. The number of ether oxygens (including phenoxy) is 1. The molecule has 0 fully saturated rings. The maximum Gasteiger partial charge on any atom is 0.193 e. The van der Waals surface area contributed by atoms with Crippen molar-refractivity contribution in [1.82, 2.24) is 0 Å². The predicted molar refractivity (Wildman–Crippen MR) is 92.7 cm³/mol. The lowest BCUT2D eigenvalue weighted by Gasteiger charge is -2.06. The first-order chi connectivity index (χ1) is 11.7. The summed E-state index contributed by atoms with van der Waals surface area (Å²) >= 11 is 0. The van der Waals surface area contributed by atoms with Gasteiger partial charge in [0.1, 0.15) is 5.75 Å². The van der Waals surface area contributed by atoms with Gasteiger partial charge >= 0.3 is 0 Å². The van der Waals surface area contributed by atoms with E-state index in [1.807, 2.05) is 18.2 Å². The van der Waals surface area contributed by atoms with Crippen LogP contribution in [0, 0.1) is 0 Å². The molecule has 3 heteroatoms. The summed E-state index contributed by atoms with van der Waals surface area (Å²) in [6, 6.07) is 22.8. The molecule has 0 unspecified atom stereocenters. The molecule has 3 nitrogen and oxygen atoms in total. The summed E-state index contributed by atoms with van der Waals surface area (Å²) in [6.07, 6.45) is 0. The van der Waals surface area contributed by atoms with Crippen LogP contribution in [0.2, 0.25) is 0 Å². The van der Waals surface area contributed by atoms with Crippen LogP contribution in [-0.4, -0.2) is 18.7 Å². The Bertz CT molecular complexity index is 865. The minimum atomic E-state index is -0.125. The Hall–Kier alpha value is -3.20. The van der Waals surface area contributed by atoms with E-state index in [-0.39, 0.29) is 11.6 Å². The van der Waals surface area contributed by atoms with Gasteiger partial charge < -0.3 is 4.74 Å². The SMILES string of the molecule is COc1ccc(C(=O)c2cccc(C(=O)c3ccccc3)c2)cc1. The van der Waals surface area contributed by atoms with E-state index in [1.165, 1.54) is 0 Å². The monoisotopic (exact) mass is 316 g/mol. The first-order valence-electron chi connectivity index (χ1n) is 7.57. The van der Waals surface area contributed by atoms with Crippen LogP contribution in [0.25, 0.3) is 0 Å². The average molecular weight is 316 g/mol. The zero-order chi connectivity index (χ0) is 16.9. The molecule has 0 heterocycles.